The van der Waals surface area contributed by atoms with Crippen molar-refractivity contribution in [3.63, 3.8) is 0 Å². The molecule has 0 saturated carbocycles. The van der Waals surface area contributed by atoms with E-state index in [1.54, 1.807) is 23.9 Å². The molecule has 0 radical (unpaired) electrons. The fraction of sp³-hybridized carbons (Fsp3) is 0.316. The molecular formula is C19H21NO3S. The summed E-state index contributed by atoms with van der Waals surface area (Å²) in [6.07, 6.45) is 0. The molecule has 1 saturated heterocycles. The third kappa shape index (κ3) is 4.60. The van der Waals surface area contributed by atoms with E-state index < -0.39 is 0 Å². The Labute approximate surface area is 146 Å². The van der Waals surface area contributed by atoms with Crippen LogP contribution in [0.25, 0.3) is 0 Å². The van der Waals surface area contributed by atoms with Crippen LogP contribution in [0.5, 0.6) is 0 Å². The molecule has 0 amide bonds. The number of methoxy groups -OCH3 is 1. The van der Waals surface area contributed by atoms with E-state index in [9.17, 15) is 4.79 Å². The number of carbonyl (C=O) groups is 1. The van der Waals surface area contributed by atoms with Crippen LogP contribution in [0.15, 0.2) is 58.3 Å². The minimum atomic E-state index is -0.306. The summed E-state index contributed by atoms with van der Waals surface area (Å²) in [6.45, 7) is 4.64. The highest BCUT2D eigenvalue weighted by Gasteiger charge is 2.10. The molecule has 0 atom stereocenters. The predicted molar refractivity (Wildman–Crippen MR) is 94.4 cm³/mol. The number of ether oxygens (including phenoxy) is 2. The second kappa shape index (κ2) is 8.33. The Hall–Kier alpha value is -1.82. The maximum atomic E-state index is 11.4. The van der Waals surface area contributed by atoms with E-state index in [0.29, 0.717) is 5.56 Å². The second-order valence-corrected chi connectivity index (χ2v) is 6.80. The van der Waals surface area contributed by atoms with Gasteiger partial charge in [0.2, 0.25) is 0 Å². The maximum absolute atomic E-state index is 11.4. The molecule has 2 aromatic rings. The Morgan fingerprint density at radius 1 is 1.04 bits per heavy atom. The lowest BCUT2D eigenvalue weighted by atomic mass is 10.2. The number of morpholine rings is 1. The molecule has 1 aliphatic rings. The molecule has 2 aromatic carbocycles. The fourth-order valence-electron chi connectivity index (χ4n) is 2.59. The number of carbonyl (C=O) groups excluding carboxylic acids is 1. The zero-order chi connectivity index (χ0) is 16.8. The lowest BCUT2D eigenvalue weighted by Gasteiger charge is -2.26. The smallest absolute Gasteiger partial charge is 0.337 e. The maximum Gasteiger partial charge on any atom is 0.337 e. The van der Waals surface area contributed by atoms with Crippen molar-refractivity contribution >= 4 is 17.7 Å². The molecule has 1 fully saturated rings. The highest BCUT2D eigenvalue weighted by Crippen LogP contribution is 2.28. The average molecular weight is 343 g/mol. The van der Waals surface area contributed by atoms with Crippen LogP contribution in [0, 0.1) is 0 Å². The first-order chi connectivity index (χ1) is 11.7. The number of benzene rings is 2. The molecule has 0 aromatic heterocycles. The van der Waals surface area contributed by atoms with Crippen LogP contribution in [0.2, 0.25) is 0 Å². The summed E-state index contributed by atoms with van der Waals surface area (Å²) >= 11 is 1.68. The quantitative estimate of drug-likeness (QED) is 0.778. The van der Waals surface area contributed by atoms with Crippen molar-refractivity contribution in [2.75, 3.05) is 33.4 Å². The third-order valence-electron chi connectivity index (χ3n) is 3.94. The zero-order valence-corrected chi connectivity index (χ0v) is 14.6. The summed E-state index contributed by atoms with van der Waals surface area (Å²) in [5, 5.41) is 0. The first kappa shape index (κ1) is 17.0. The third-order valence-corrected chi connectivity index (χ3v) is 4.96. The van der Waals surface area contributed by atoms with Crippen molar-refractivity contribution in [2.45, 2.75) is 16.3 Å². The van der Waals surface area contributed by atoms with Crippen LogP contribution < -0.4 is 0 Å². The van der Waals surface area contributed by atoms with E-state index in [0.717, 1.165) is 37.7 Å². The van der Waals surface area contributed by atoms with Crippen LogP contribution in [0.4, 0.5) is 0 Å². The summed E-state index contributed by atoms with van der Waals surface area (Å²) in [6, 6.07) is 16.1. The van der Waals surface area contributed by atoms with Gasteiger partial charge in [0, 0.05) is 29.4 Å². The van der Waals surface area contributed by atoms with Crippen molar-refractivity contribution in [3.8, 4) is 0 Å². The van der Waals surface area contributed by atoms with E-state index in [-0.39, 0.29) is 5.97 Å². The number of nitrogens with zero attached hydrogens (tertiary/aromatic N) is 1. The molecule has 0 unspecified atom stereocenters. The van der Waals surface area contributed by atoms with Gasteiger partial charge in [0.25, 0.3) is 0 Å². The Kier molecular flexibility index (Phi) is 5.91. The van der Waals surface area contributed by atoms with Crippen LogP contribution in [0.1, 0.15) is 15.9 Å². The van der Waals surface area contributed by atoms with Gasteiger partial charge < -0.3 is 9.47 Å². The number of esters is 1. The first-order valence-electron chi connectivity index (χ1n) is 8.00. The largest absolute Gasteiger partial charge is 0.465 e. The summed E-state index contributed by atoms with van der Waals surface area (Å²) < 4.78 is 10.1. The van der Waals surface area contributed by atoms with E-state index in [4.69, 9.17) is 9.47 Å². The molecule has 126 valence electrons. The monoisotopic (exact) mass is 343 g/mol. The van der Waals surface area contributed by atoms with E-state index >= 15 is 0 Å². The molecule has 4 nitrogen and oxygen atoms in total. The lowest BCUT2D eigenvalue weighted by Crippen LogP contribution is -2.35. The standard InChI is InChI=1S/C19H21NO3S/c1-22-19(21)16-4-8-18(9-5-16)24-17-6-2-15(3-7-17)14-20-10-12-23-13-11-20/h2-9H,10-14H2,1H3. The van der Waals surface area contributed by atoms with Crippen molar-refractivity contribution in [2.24, 2.45) is 0 Å². The topological polar surface area (TPSA) is 38.8 Å². The van der Waals surface area contributed by atoms with Gasteiger partial charge in [0.15, 0.2) is 0 Å². The van der Waals surface area contributed by atoms with Gasteiger partial charge in [-0.3, -0.25) is 4.90 Å². The zero-order valence-electron chi connectivity index (χ0n) is 13.7. The van der Waals surface area contributed by atoms with E-state index in [2.05, 4.69) is 29.2 Å². The average Bonchev–Trinajstić information content (AvgIpc) is 2.64. The van der Waals surface area contributed by atoms with Crippen molar-refractivity contribution in [3.05, 3.63) is 59.7 Å². The van der Waals surface area contributed by atoms with Crippen LogP contribution in [0.3, 0.4) is 0 Å². The van der Waals surface area contributed by atoms with Crippen LogP contribution in [-0.4, -0.2) is 44.3 Å². The molecule has 1 aliphatic heterocycles. The molecule has 3 rings (SSSR count). The second-order valence-electron chi connectivity index (χ2n) is 5.65. The molecule has 1 heterocycles. The van der Waals surface area contributed by atoms with E-state index in [1.165, 1.54) is 17.6 Å². The summed E-state index contributed by atoms with van der Waals surface area (Å²) in [7, 11) is 1.39. The SMILES string of the molecule is COC(=O)c1ccc(Sc2ccc(CN3CCOCC3)cc2)cc1. The fourth-order valence-corrected chi connectivity index (χ4v) is 3.41. The highest BCUT2D eigenvalue weighted by atomic mass is 32.2. The molecule has 24 heavy (non-hydrogen) atoms. The molecule has 5 heteroatoms. The Morgan fingerprint density at radius 2 is 1.62 bits per heavy atom. The van der Waals surface area contributed by atoms with Crippen molar-refractivity contribution in [1.82, 2.24) is 4.90 Å². The molecule has 0 aliphatic carbocycles. The van der Waals surface area contributed by atoms with Gasteiger partial charge in [-0.15, -0.1) is 0 Å². The minimum Gasteiger partial charge on any atom is -0.465 e. The normalized spacial score (nSPS) is 15.2. The van der Waals surface area contributed by atoms with Gasteiger partial charge in [0.05, 0.1) is 25.9 Å². The number of hydrogen-bond donors (Lipinski definition) is 0. The lowest BCUT2D eigenvalue weighted by molar-refractivity contribution is 0.0342. The summed E-state index contributed by atoms with van der Waals surface area (Å²) in [4.78, 5) is 16.1. The minimum absolute atomic E-state index is 0.306. The van der Waals surface area contributed by atoms with Gasteiger partial charge in [-0.2, -0.15) is 0 Å². The molecule has 0 bridgehead atoms. The van der Waals surface area contributed by atoms with Crippen LogP contribution in [-0.2, 0) is 16.0 Å². The Bertz CT molecular complexity index is 664. The number of rotatable bonds is 5. The Balaban J connectivity index is 1.58. The van der Waals surface area contributed by atoms with Gasteiger partial charge in [0.1, 0.15) is 0 Å². The van der Waals surface area contributed by atoms with Gasteiger partial charge in [-0.05, 0) is 42.0 Å². The predicted octanol–water partition coefficient (Wildman–Crippen LogP) is 3.46. The van der Waals surface area contributed by atoms with Gasteiger partial charge >= 0.3 is 5.97 Å². The summed E-state index contributed by atoms with van der Waals surface area (Å²) in [5.41, 5.74) is 1.89. The highest BCUT2D eigenvalue weighted by molar-refractivity contribution is 7.99. The van der Waals surface area contributed by atoms with Crippen molar-refractivity contribution < 1.29 is 14.3 Å². The van der Waals surface area contributed by atoms with Crippen LogP contribution >= 0.6 is 11.8 Å². The summed E-state index contributed by atoms with van der Waals surface area (Å²) in [5.74, 6) is -0.306. The van der Waals surface area contributed by atoms with Gasteiger partial charge in [-0.1, -0.05) is 23.9 Å². The Morgan fingerprint density at radius 3 is 2.21 bits per heavy atom. The molecular weight excluding hydrogens is 322 g/mol. The van der Waals surface area contributed by atoms with Crippen molar-refractivity contribution in [1.29, 1.82) is 0 Å². The molecule has 0 N–H and O–H groups in total. The van der Waals surface area contributed by atoms with E-state index in [1.807, 2.05) is 12.1 Å². The first-order valence-corrected chi connectivity index (χ1v) is 8.81. The number of hydrogen-bond acceptors (Lipinski definition) is 5. The molecule has 0 spiro atoms. The van der Waals surface area contributed by atoms with Gasteiger partial charge in [-0.25, -0.2) is 4.79 Å².